The summed E-state index contributed by atoms with van der Waals surface area (Å²) >= 11 is 0. The Labute approximate surface area is 160 Å². The zero-order valence-electron chi connectivity index (χ0n) is 15.8. The van der Waals surface area contributed by atoms with E-state index in [0.717, 1.165) is 19.3 Å². The van der Waals surface area contributed by atoms with Crippen molar-refractivity contribution >= 4 is 17.8 Å². The van der Waals surface area contributed by atoms with Crippen LogP contribution in [-0.2, 0) is 19.1 Å². The van der Waals surface area contributed by atoms with Gasteiger partial charge in [0.25, 0.3) is 0 Å². The molecule has 0 aliphatic carbocycles. The van der Waals surface area contributed by atoms with Crippen molar-refractivity contribution < 1.29 is 23.9 Å². The molecule has 7 nitrogen and oxygen atoms in total. The predicted octanol–water partition coefficient (Wildman–Crippen LogP) is 1.91. The number of hydrogen-bond donors (Lipinski definition) is 1. The van der Waals surface area contributed by atoms with Crippen molar-refractivity contribution in [3.63, 3.8) is 0 Å². The minimum absolute atomic E-state index is 0.0801. The first-order valence-corrected chi connectivity index (χ1v) is 9.52. The molecule has 27 heavy (non-hydrogen) atoms. The molecule has 1 atom stereocenters. The van der Waals surface area contributed by atoms with E-state index >= 15 is 0 Å². The van der Waals surface area contributed by atoms with Gasteiger partial charge in [0.2, 0.25) is 11.8 Å². The Hall–Kier alpha value is -2.57. The topological polar surface area (TPSA) is 84.9 Å². The van der Waals surface area contributed by atoms with Gasteiger partial charge in [0, 0.05) is 19.5 Å². The number of benzene rings is 1. The number of nitrogens with one attached hydrogen (secondary N) is 1. The highest BCUT2D eigenvalue weighted by Crippen LogP contribution is 2.14. The molecule has 0 unspecified atom stereocenters. The van der Waals surface area contributed by atoms with Crippen molar-refractivity contribution in [3.8, 4) is 5.75 Å². The zero-order valence-corrected chi connectivity index (χ0v) is 15.8. The van der Waals surface area contributed by atoms with Gasteiger partial charge in [-0.05, 0) is 18.6 Å². The van der Waals surface area contributed by atoms with E-state index in [1.165, 1.54) is 4.90 Å². The molecule has 148 valence electrons. The molecule has 1 aromatic rings. The Morgan fingerprint density at radius 3 is 2.70 bits per heavy atom. The minimum Gasteiger partial charge on any atom is -0.490 e. The van der Waals surface area contributed by atoms with Crippen LogP contribution in [0.3, 0.4) is 0 Å². The Morgan fingerprint density at radius 1 is 1.19 bits per heavy atom. The highest BCUT2D eigenvalue weighted by Gasteiger charge is 2.34. The van der Waals surface area contributed by atoms with E-state index in [0.29, 0.717) is 25.3 Å². The van der Waals surface area contributed by atoms with Crippen LogP contribution in [0.4, 0.5) is 0 Å². The predicted molar refractivity (Wildman–Crippen MR) is 100 cm³/mol. The van der Waals surface area contributed by atoms with E-state index in [9.17, 15) is 14.4 Å². The van der Waals surface area contributed by atoms with Crippen LogP contribution in [0.1, 0.15) is 39.0 Å². The van der Waals surface area contributed by atoms with E-state index in [1.54, 1.807) is 0 Å². The maximum atomic E-state index is 12.4. The first-order valence-electron chi connectivity index (χ1n) is 9.52. The summed E-state index contributed by atoms with van der Waals surface area (Å²) in [5, 5.41) is 2.71. The Kier molecular flexibility index (Phi) is 8.61. The third-order valence-electron chi connectivity index (χ3n) is 4.36. The molecular formula is C20H28N2O5. The first-order chi connectivity index (χ1) is 13.1. The Balaban J connectivity index is 1.77. The number of nitrogens with zero attached hydrogens (tertiary/aromatic N) is 1. The maximum Gasteiger partial charge on any atom is 0.308 e. The quantitative estimate of drug-likeness (QED) is 0.498. The first kappa shape index (κ1) is 20.7. The molecule has 2 amide bonds. The van der Waals surface area contributed by atoms with Crippen molar-refractivity contribution in [2.24, 2.45) is 0 Å². The van der Waals surface area contributed by atoms with Crippen molar-refractivity contribution in [2.45, 2.75) is 45.1 Å². The van der Waals surface area contributed by atoms with Gasteiger partial charge in [-0.15, -0.1) is 0 Å². The lowest BCUT2D eigenvalue weighted by molar-refractivity contribution is -0.152. The van der Waals surface area contributed by atoms with E-state index < -0.39 is 12.0 Å². The van der Waals surface area contributed by atoms with Crippen LogP contribution in [0.15, 0.2) is 30.3 Å². The number of rotatable bonds is 10. The summed E-state index contributed by atoms with van der Waals surface area (Å²) in [7, 11) is 0. The molecule has 1 aromatic carbocycles. The standard InChI is InChI=1S/C20H28N2O5/c1-2-3-5-10-18(23)22-12-11-21-20(25)17(22)15-19(24)27-14-13-26-16-8-6-4-7-9-16/h4,6-9,17H,2-3,5,10-15H2,1H3,(H,21,25)/t17-/m0/s1. The van der Waals surface area contributed by atoms with E-state index in [4.69, 9.17) is 9.47 Å². The number of unbranched alkanes of at least 4 members (excludes halogenated alkanes) is 2. The van der Waals surface area contributed by atoms with E-state index in [-0.39, 0.29) is 31.4 Å². The summed E-state index contributed by atoms with van der Waals surface area (Å²) in [5.41, 5.74) is 0. The van der Waals surface area contributed by atoms with Gasteiger partial charge in [0.05, 0.1) is 6.42 Å². The van der Waals surface area contributed by atoms with Crippen LogP contribution in [0.25, 0.3) is 0 Å². The molecule has 2 rings (SSSR count). The normalized spacial score (nSPS) is 16.6. The molecule has 1 aliphatic heterocycles. The monoisotopic (exact) mass is 376 g/mol. The number of carbonyl (C=O) groups excluding carboxylic acids is 3. The summed E-state index contributed by atoms with van der Waals surface area (Å²) in [6.07, 6.45) is 3.05. The number of ether oxygens (including phenoxy) is 2. The molecule has 0 spiro atoms. The van der Waals surface area contributed by atoms with Crippen molar-refractivity contribution in [1.82, 2.24) is 10.2 Å². The van der Waals surface area contributed by atoms with Crippen LogP contribution in [0, 0.1) is 0 Å². The average molecular weight is 376 g/mol. The molecule has 1 heterocycles. The second kappa shape index (κ2) is 11.2. The van der Waals surface area contributed by atoms with Crippen LogP contribution in [0.2, 0.25) is 0 Å². The van der Waals surface area contributed by atoms with Gasteiger partial charge in [-0.1, -0.05) is 38.0 Å². The molecule has 0 bridgehead atoms. The van der Waals surface area contributed by atoms with Crippen molar-refractivity contribution in [2.75, 3.05) is 26.3 Å². The van der Waals surface area contributed by atoms with Gasteiger partial charge < -0.3 is 19.7 Å². The van der Waals surface area contributed by atoms with Gasteiger partial charge in [0.15, 0.2) is 0 Å². The summed E-state index contributed by atoms with van der Waals surface area (Å²) in [6, 6.07) is 8.43. The molecule has 0 radical (unpaired) electrons. The van der Waals surface area contributed by atoms with Crippen LogP contribution < -0.4 is 10.1 Å². The molecular weight excluding hydrogens is 348 g/mol. The number of piperazine rings is 1. The van der Waals surface area contributed by atoms with Crippen LogP contribution >= 0.6 is 0 Å². The van der Waals surface area contributed by atoms with Crippen molar-refractivity contribution in [1.29, 1.82) is 0 Å². The summed E-state index contributed by atoms with van der Waals surface area (Å²) in [6.45, 7) is 3.22. The Morgan fingerprint density at radius 2 is 1.96 bits per heavy atom. The lowest BCUT2D eigenvalue weighted by Gasteiger charge is -2.34. The second-order valence-corrected chi connectivity index (χ2v) is 6.44. The number of amides is 2. The molecule has 7 heteroatoms. The fraction of sp³-hybridized carbons (Fsp3) is 0.550. The van der Waals surface area contributed by atoms with Gasteiger partial charge in [0.1, 0.15) is 25.0 Å². The van der Waals surface area contributed by atoms with Gasteiger partial charge in [-0.25, -0.2) is 0 Å². The Bertz CT molecular complexity index is 620. The number of para-hydroxylation sites is 1. The highest BCUT2D eigenvalue weighted by molar-refractivity contribution is 5.91. The average Bonchev–Trinajstić information content (AvgIpc) is 2.68. The van der Waals surface area contributed by atoms with Crippen LogP contribution in [-0.4, -0.2) is 55.0 Å². The van der Waals surface area contributed by atoms with E-state index in [1.807, 2.05) is 30.3 Å². The molecule has 1 saturated heterocycles. The second-order valence-electron chi connectivity index (χ2n) is 6.44. The molecule has 1 N–H and O–H groups in total. The summed E-state index contributed by atoms with van der Waals surface area (Å²) < 4.78 is 10.6. The smallest absolute Gasteiger partial charge is 0.308 e. The maximum absolute atomic E-state index is 12.4. The molecule has 1 aliphatic rings. The number of esters is 1. The number of carbonyl (C=O) groups is 3. The SMILES string of the molecule is CCCCCC(=O)N1CCNC(=O)[C@@H]1CC(=O)OCCOc1ccccc1. The van der Waals surface area contributed by atoms with Gasteiger partial charge in [-0.3, -0.25) is 14.4 Å². The zero-order chi connectivity index (χ0) is 19.5. The molecule has 1 fully saturated rings. The largest absolute Gasteiger partial charge is 0.490 e. The lowest BCUT2D eigenvalue weighted by atomic mass is 10.1. The van der Waals surface area contributed by atoms with Crippen LogP contribution in [0.5, 0.6) is 5.75 Å². The van der Waals surface area contributed by atoms with Gasteiger partial charge >= 0.3 is 5.97 Å². The summed E-state index contributed by atoms with van der Waals surface area (Å²) in [4.78, 5) is 38.2. The minimum atomic E-state index is -0.796. The van der Waals surface area contributed by atoms with Gasteiger partial charge in [-0.2, -0.15) is 0 Å². The fourth-order valence-corrected chi connectivity index (χ4v) is 2.93. The molecule has 0 saturated carbocycles. The van der Waals surface area contributed by atoms with Crippen molar-refractivity contribution in [3.05, 3.63) is 30.3 Å². The fourth-order valence-electron chi connectivity index (χ4n) is 2.93. The summed E-state index contributed by atoms with van der Waals surface area (Å²) in [5.74, 6) is -0.199. The molecule has 0 aromatic heterocycles. The lowest BCUT2D eigenvalue weighted by Crippen LogP contribution is -2.57. The third kappa shape index (κ3) is 6.92. The number of hydrogen-bond acceptors (Lipinski definition) is 5. The highest BCUT2D eigenvalue weighted by atomic mass is 16.6. The third-order valence-corrected chi connectivity index (χ3v) is 4.36. The van der Waals surface area contributed by atoms with E-state index in [2.05, 4.69) is 12.2 Å².